The summed E-state index contributed by atoms with van der Waals surface area (Å²) in [6.07, 6.45) is 9.13. The molecule has 2 nitrogen and oxygen atoms in total. The number of methoxy groups -OCH3 is 1. The third-order valence-electron chi connectivity index (χ3n) is 3.28. The minimum atomic E-state index is 0.113. The van der Waals surface area contributed by atoms with E-state index in [1.807, 2.05) is 0 Å². The van der Waals surface area contributed by atoms with Gasteiger partial charge in [-0.15, -0.1) is 11.6 Å². The van der Waals surface area contributed by atoms with E-state index in [9.17, 15) is 0 Å². The van der Waals surface area contributed by atoms with E-state index in [1.54, 1.807) is 7.11 Å². The topological polar surface area (TPSA) is 18.5 Å². The highest BCUT2D eigenvalue weighted by Crippen LogP contribution is 2.31. The molecule has 16 heavy (non-hydrogen) atoms. The van der Waals surface area contributed by atoms with E-state index in [1.165, 1.54) is 38.5 Å². The van der Waals surface area contributed by atoms with E-state index in [0.29, 0.717) is 0 Å². The molecule has 0 heterocycles. The van der Waals surface area contributed by atoms with Crippen molar-refractivity contribution in [3.05, 3.63) is 0 Å². The fourth-order valence-corrected chi connectivity index (χ4v) is 2.55. The zero-order valence-electron chi connectivity index (χ0n) is 10.6. The van der Waals surface area contributed by atoms with Crippen molar-refractivity contribution in [1.82, 2.24) is 0 Å². The van der Waals surface area contributed by atoms with Crippen LogP contribution in [-0.4, -0.2) is 31.3 Å². The number of ether oxygens (including phenoxy) is 2. The first-order chi connectivity index (χ1) is 7.79. The summed E-state index contributed by atoms with van der Waals surface area (Å²) in [6.45, 7) is 3.10. The van der Waals surface area contributed by atoms with Gasteiger partial charge in [0.2, 0.25) is 0 Å². The molecule has 0 aromatic rings. The third-order valence-corrected chi connectivity index (χ3v) is 3.71. The molecule has 1 saturated carbocycles. The molecule has 1 rings (SSSR count). The summed E-state index contributed by atoms with van der Waals surface area (Å²) in [7, 11) is 1.71. The average molecular weight is 249 g/mol. The van der Waals surface area contributed by atoms with Crippen molar-refractivity contribution < 1.29 is 9.47 Å². The maximum atomic E-state index is 6.00. The van der Waals surface area contributed by atoms with Crippen LogP contribution in [0.1, 0.15) is 51.9 Å². The molecule has 0 aliphatic heterocycles. The van der Waals surface area contributed by atoms with Gasteiger partial charge in [-0.3, -0.25) is 0 Å². The molecule has 96 valence electrons. The molecule has 0 aromatic heterocycles. The minimum Gasteiger partial charge on any atom is -0.377 e. The summed E-state index contributed by atoms with van der Waals surface area (Å²) in [5, 5.41) is 0.152. The van der Waals surface area contributed by atoms with E-state index >= 15 is 0 Å². The molecule has 0 spiro atoms. The standard InChI is InChI=1S/C13H25ClO2/c1-3-4-5-6-7-8-9-16-12-10-11(14)13(12)15-2/h11-13H,3-10H2,1-2H3. The first-order valence-electron chi connectivity index (χ1n) is 6.58. The third kappa shape index (κ3) is 4.60. The molecular weight excluding hydrogens is 224 g/mol. The first-order valence-corrected chi connectivity index (χ1v) is 7.01. The number of rotatable bonds is 9. The van der Waals surface area contributed by atoms with Gasteiger partial charge in [0.25, 0.3) is 0 Å². The molecule has 0 amide bonds. The summed E-state index contributed by atoms with van der Waals surface area (Å²) in [5.74, 6) is 0. The van der Waals surface area contributed by atoms with Gasteiger partial charge in [0.05, 0.1) is 17.6 Å². The number of halogens is 1. The van der Waals surface area contributed by atoms with Gasteiger partial charge >= 0.3 is 0 Å². The lowest BCUT2D eigenvalue weighted by atomic mass is 9.91. The lowest BCUT2D eigenvalue weighted by molar-refractivity contribution is -0.110. The van der Waals surface area contributed by atoms with Gasteiger partial charge in [0.15, 0.2) is 0 Å². The Labute approximate surface area is 105 Å². The van der Waals surface area contributed by atoms with Crippen LogP contribution in [0.3, 0.4) is 0 Å². The van der Waals surface area contributed by atoms with Crippen LogP contribution in [0.5, 0.6) is 0 Å². The normalized spacial score (nSPS) is 29.1. The fourth-order valence-electron chi connectivity index (χ4n) is 2.11. The Morgan fingerprint density at radius 2 is 1.81 bits per heavy atom. The summed E-state index contributed by atoms with van der Waals surface area (Å²) in [4.78, 5) is 0. The summed E-state index contributed by atoms with van der Waals surface area (Å²) in [5.41, 5.74) is 0. The second-order valence-corrected chi connectivity index (χ2v) is 5.19. The average Bonchev–Trinajstić information content (AvgIpc) is 2.26. The number of hydrogen-bond acceptors (Lipinski definition) is 2. The quantitative estimate of drug-likeness (QED) is 0.457. The molecule has 3 unspecified atom stereocenters. The van der Waals surface area contributed by atoms with Gasteiger partial charge in [-0.05, 0) is 12.8 Å². The highest BCUT2D eigenvalue weighted by molar-refractivity contribution is 6.21. The van der Waals surface area contributed by atoms with Gasteiger partial charge in [0, 0.05) is 13.7 Å². The van der Waals surface area contributed by atoms with Crippen LogP contribution < -0.4 is 0 Å². The Kier molecular flexibility index (Phi) is 7.42. The number of alkyl halides is 1. The highest BCUT2D eigenvalue weighted by Gasteiger charge is 2.40. The lowest BCUT2D eigenvalue weighted by Crippen LogP contribution is -2.50. The van der Waals surface area contributed by atoms with Gasteiger partial charge in [-0.25, -0.2) is 0 Å². The summed E-state index contributed by atoms with van der Waals surface area (Å²) < 4.78 is 11.0. The van der Waals surface area contributed by atoms with Crippen LogP contribution in [0, 0.1) is 0 Å². The Bertz CT molecular complexity index is 175. The zero-order chi connectivity index (χ0) is 11.8. The van der Waals surface area contributed by atoms with Crippen molar-refractivity contribution in [3.63, 3.8) is 0 Å². The van der Waals surface area contributed by atoms with Crippen LogP contribution in [0.15, 0.2) is 0 Å². The van der Waals surface area contributed by atoms with E-state index in [-0.39, 0.29) is 17.6 Å². The van der Waals surface area contributed by atoms with Crippen LogP contribution in [0.25, 0.3) is 0 Å². The van der Waals surface area contributed by atoms with E-state index < -0.39 is 0 Å². The van der Waals surface area contributed by atoms with Crippen LogP contribution in [0.4, 0.5) is 0 Å². The predicted octanol–water partition coefficient (Wildman–Crippen LogP) is 3.76. The van der Waals surface area contributed by atoms with Crippen molar-refractivity contribution in [2.75, 3.05) is 13.7 Å². The highest BCUT2D eigenvalue weighted by atomic mass is 35.5. The number of hydrogen-bond donors (Lipinski definition) is 0. The van der Waals surface area contributed by atoms with Gasteiger partial charge in [-0.2, -0.15) is 0 Å². The number of unbranched alkanes of at least 4 members (excludes halogenated alkanes) is 5. The Morgan fingerprint density at radius 1 is 1.12 bits per heavy atom. The molecule has 0 radical (unpaired) electrons. The first kappa shape index (κ1) is 14.3. The maximum absolute atomic E-state index is 6.00. The van der Waals surface area contributed by atoms with Crippen LogP contribution in [0.2, 0.25) is 0 Å². The Hall–Kier alpha value is 0.210. The van der Waals surface area contributed by atoms with Crippen LogP contribution >= 0.6 is 11.6 Å². The summed E-state index contributed by atoms with van der Waals surface area (Å²) >= 11 is 6.00. The smallest absolute Gasteiger partial charge is 0.0997 e. The molecule has 3 heteroatoms. The zero-order valence-corrected chi connectivity index (χ0v) is 11.3. The molecule has 1 aliphatic carbocycles. The minimum absolute atomic E-state index is 0.113. The molecule has 1 aliphatic rings. The van der Waals surface area contributed by atoms with Crippen molar-refractivity contribution in [2.45, 2.75) is 69.5 Å². The van der Waals surface area contributed by atoms with Crippen molar-refractivity contribution in [3.8, 4) is 0 Å². The maximum Gasteiger partial charge on any atom is 0.0997 e. The second kappa shape index (κ2) is 8.32. The largest absolute Gasteiger partial charge is 0.377 e. The monoisotopic (exact) mass is 248 g/mol. The lowest BCUT2D eigenvalue weighted by Gasteiger charge is -2.39. The van der Waals surface area contributed by atoms with E-state index in [0.717, 1.165) is 13.0 Å². The molecule has 0 N–H and O–H groups in total. The van der Waals surface area contributed by atoms with E-state index in [4.69, 9.17) is 21.1 Å². The van der Waals surface area contributed by atoms with Crippen molar-refractivity contribution in [2.24, 2.45) is 0 Å². The van der Waals surface area contributed by atoms with Gasteiger partial charge in [0.1, 0.15) is 0 Å². The van der Waals surface area contributed by atoms with E-state index in [2.05, 4.69) is 6.92 Å². The molecular formula is C13H25ClO2. The fraction of sp³-hybridized carbons (Fsp3) is 1.00. The SMILES string of the molecule is CCCCCCCCOC1CC(Cl)C1OC. The second-order valence-electron chi connectivity index (χ2n) is 4.63. The van der Waals surface area contributed by atoms with Gasteiger partial charge in [-0.1, -0.05) is 39.0 Å². The molecule has 0 bridgehead atoms. The predicted molar refractivity (Wildman–Crippen MR) is 68.2 cm³/mol. The summed E-state index contributed by atoms with van der Waals surface area (Å²) in [6, 6.07) is 0. The molecule has 0 saturated heterocycles. The van der Waals surface area contributed by atoms with Crippen molar-refractivity contribution in [1.29, 1.82) is 0 Å². The van der Waals surface area contributed by atoms with Crippen LogP contribution in [-0.2, 0) is 9.47 Å². The van der Waals surface area contributed by atoms with Crippen molar-refractivity contribution >= 4 is 11.6 Å². The Morgan fingerprint density at radius 3 is 2.44 bits per heavy atom. The molecule has 0 aromatic carbocycles. The van der Waals surface area contributed by atoms with Gasteiger partial charge < -0.3 is 9.47 Å². The molecule has 3 atom stereocenters. The Balaban J connectivity index is 1.88. The molecule has 1 fully saturated rings.